The highest BCUT2D eigenvalue weighted by Crippen LogP contribution is 2.45. The molecule has 0 bridgehead atoms. The second-order valence-electron chi connectivity index (χ2n) is 33.9. The molecule has 3 amide bonds. The molecule has 0 N–H and O–H groups in total. The van der Waals surface area contributed by atoms with Gasteiger partial charge in [0.1, 0.15) is 61.2 Å². The van der Waals surface area contributed by atoms with E-state index >= 15 is 0 Å². The minimum atomic E-state index is -4.62. The van der Waals surface area contributed by atoms with E-state index in [4.69, 9.17) is 87.0 Å². The van der Waals surface area contributed by atoms with E-state index in [0.717, 1.165) is 145 Å². The summed E-state index contributed by atoms with van der Waals surface area (Å²) in [4.78, 5) is 105. The van der Waals surface area contributed by atoms with E-state index in [2.05, 4.69) is 94.1 Å². The first-order valence-electron chi connectivity index (χ1n) is 43.2. The van der Waals surface area contributed by atoms with Crippen molar-refractivity contribution in [1.29, 1.82) is 0 Å². The molecule has 6 atom stereocenters. The lowest BCUT2D eigenvalue weighted by Gasteiger charge is -2.41. The zero-order chi connectivity index (χ0) is 88.9. The number of carbonyl (C=O) groups is 3. The van der Waals surface area contributed by atoms with Gasteiger partial charge in [0.25, 0.3) is 0 Å². The van der Waals surface area contributed by atoms with Gasteiger partial charge in [-0.15, -0.1) is 0 Å². The summed E-state index contributed by atoms with van der Waals surface area (Å²) in [7, 11) is 10.1. The van der Waals surface area contributed by atoms with Gasteiger partial charge in [0.15, 0.2) is 0 Å². The number of aromatic nitrogens is 6. The van der Waals surface area contributed by atoms with Gasteiger partial charge in [0.2, 0.25) is 37.4 Å². The van der Waals surface area contributed by atoms with Crippen LogP contribution in [-0.4, -0.2) is 298 Å². The molecule has 28 nitrogen and oxygen atoms in total. The summed E-state index contributed by atoms with van der Waals surface area (Å²) in [5.74, 6) is 1.71. The Bertz CT molecular complexity index is 5060. The fourth-order valence-electron chi connectivity index (χ4n) is 18.4. The molecule has 0 radical (unpaired) electrons. The fraction of sp³-hybridized carbons (Fsp3) is 0.538. The number of hydrogen-bond acceptors (Lipinski definition) is 22. The van der Waals surface area contributed by atoms with Crippen LogP contribution in [0.25, 0.3) is 14.5 Å². The van der Waals surface area contributed by atoms with Gasteiger partial charge in [0.05, 0.1) is 63.7 Å². The van der Waals surface area contributed by atoms with Crippen LogP contribution >= 0.6 is 23.2 Å². The molecule has 3 aromatic heterocycles. The van der Waals surface area contributed by atoms with Crippen LogP contribution in [0.3, 0.4) is 0 Å². The van der Waals surface area contributed by atoms with Gasteiger partial charge in [0, 0.05) is 132 Å². The van der Waals surface area contributed by atoms with Crippen LogP contribution in [-0.2, 0) is 59.5 Å². The minimum Gasteiger partial charge on any atom is -0.462 e. The van der Waals surface area contributed by atoms with Crippen molar-refractivity contribution in [2.24, 2.45) is 0 Å². The number of amides is 3. The number of likely N-dealkylation sites (N-methyl/N-ethyl adjacent to an activating group) is 4. The predicted molar refractivity (Wildman–Crippen MR) is 478 cm³/mol. The molecular formula is C91H114Cl2F4N22O6. The van der Waals surface area contributed by atoms with E-state index in [1.54, 1.807) is 25.7 Å². The van der Waals surface area contributed by atoms with Crippen molar-refractivity contribution in [3.8, 4) is 18.0 Å². The predicted octanol–water partition coefficient (Wildman–Crippen LogP) is 11.2. The number of aryl methyl sites for hydroxylation is 1. The standard InChI is InChI=1S/C32H40ClF3N8O2.C30H38FN7O2.C29H36ClN7O2/c1-37-18-23-19-43(16-17-44(23)28(45)11-7-13-40(2)3)30-24-12-15-42(27-10-5-9-25(33)29(27)32(34,35)36)20-26(24)38-31(39-30)46-21-22-8-6-14-41(22)4;1-6-28(39)38-15-14-37(17-23(38)16-32-4)29-24-11-13-36(27-10-9-25(31)20(2)21(27)3)18-26(24)33-30(34-29)40-19-22-8-7-12-35(22)5;1-5-26(38)37-15-14-36(17-22(37)16-31-3)28-23-11-13-35(25-10-6-8-20(2)27(25)30)18-24(23)32-29(33-28)39-19-21-9-7-12-34(21)4/h5,7,9-11,22-23H,6,8,12-21H2,2-4H3;6,9-10,22-23H,1,7-8,11-19H2,2-3,5H3;5-6,8,10,21-22H,1,7,9,11-19H2,2,4H3/b11-7+;;/t22-,23+;22-,23-;21-,22-/m100/s1. The van der Waals surface area contributed by atoms with Gasteiger partial charge in [-0.3, -0.25) is 14.4 Å². The third kappa shape index (κ3) is 21.7. The number of carbonyl (C=O) groups excluding carboxylic acids is 3. The molecule has 9 aliphatic heterocycles. The van der Waals surface area contributed by atoms with Crippen LogP contribution in [0.5, 0.6) is 18.0 Å². The van der Waals surface area contributed by atoms with Gasteiger partial charge < -0.3 is 92.4 Å². The van der Waals surface area contributed by atoms with Gasteiger partial charge in [-0.25, -0.2) is 24.1 Å². The monoisotopic (exact) mass is 1760 g/mol. The highest BCUT2D eigenvalue weighted by atomic mass is 35.5. The number of alkyl halides is 3. The van der Waals surface area contributed by atoms with Crippen molar-refractivity contribution in [3.05, 3.63) is 192 Å². The van der Waals surface area contributed by atoms with Crippen LogP contribution in [0.4, 0.5) is 52.1 Å². The largest absolute Gasteiger partial charge is 0.462 e. The van der Waals surface area contributed by atoms with Gasteiger partial charge in [-0.2, -0.15) is 43.1 Å². The van der Waals surface area contributed by atoms with E-state index < -0.39 is 11.7 Å². The van der Waals surface area contributed by atoms with Crippen molar-refractivity contribution >= 4 is 75.4 Å². The lowest BCUT2D eigenvalue weighted by atomic mass is 10.0. The first-order chi connectivity index (χ1) is 60.1. The third-order valence-corrected chi connectivity index (χ3v) is 26.4. The van der Waals surface area contributed by atoms with Crippen LogP contribution in [0.1, 0.15) is 94.6 Å². The zero-order valence-corrected chi connectivity index (χ0v) is 74.4. The maximum atomic E-state index is 14.2. The van der Waals surface area contributed by atoms with Gasteiger partial charge in [-0.05, 0) is 193 Å². The molecule has 6 saturated heterocycles. The maximum absolute atomic E-state index is 14.2. The Kier molecular flexibility index (Phi) is 30.7. The minimum absolute atomic E-state index is 0.00688. The fourth-order valence-corrected chi connectivity index (χ4v) is 18.9. The topological polar surface area (TPSA) is 211 Å². The first-order valence-corrected chi connectivity index (χ1v) is 43.9. The quantitative estimate of drug-likeness (QED) is 0.0331. The molecule has 0 aliphatic carbocycles. The second-order valence-corrected chi connectivity index (χ2v) is 34.7. The molecule has 0 saturated carbocycles. The second kappa shape index (κ2) is 41.6. The molecule has 6 aromatic rings. The number of rotatable bonds is 23. The molecule has 666 valence electrons. The molecule has 6 fully saturated rings. The Morgan fingerprint density at radius 1 is 0.504 bits per heavy atom. The molecular weight excluding hydrogens is 1640 g/mol. The van der Waals surface area contributed by atoms with Crippen molar-refractivity contribution < 1.29 is 46.2 Å². The number of halogens is 6. The van der Waals surface area contributed by atoms with Crippen LogP contribution in [0.2, 0.25) is 10.0 Å². The number of piperazine rings is 3. The highest BCUT2D eigenvalue weighted by Gasteiger charge is 2.43. The molecule has 12 heterocycles. The third-order valence-electron chi connectivity index (χ3n) is 25.6. The van der Waals surface area contributed by atoms with Crippen molar-refractivity contribution in [3.63, 3.8) is 0 Å². The summed E-state index contributed by atoms with van der Waals surface area (Å²) in [5.41, 5.74) is 9.24. The van der Waals surface area contributed by atoms with E-state index in [1.807, 2.05) is 64.0 Å². The summed E-state index contributed by atoms with van der Waals surface area (Å²) in [6, 6.07) is 14.7. The first kappa shape index (κ1) is 92.0. The van der Waals surface area contributed by atoms with Gasteiger partial charge in [-0.1, -0.05) is 60.6 Å². The molecule has 3 aromatic carbocycles. The Morgan fingerprint density at radius 2 is 0.896 bits per heavy atom. The summed E-state index contributed by atoms with van der Waals surface area (Å²) >= 11 is 12.8. The number of likely N-dealkylation sites (tertiary alicyclic amines) is 3. The van der Waals surface area contributed by atoms with Crippen molar-refractivity contribution in [1.82, 2.24) is 64.2 Å². The number of ether oxygens (including phenoxy) is 3. The number of anilines is 6. The number of nitrogens with zero attached hydrogens (tertiary/aromatic N) is 22. The average molecular weight is 1760 g/mol. The average Bonchev–Trinajstić information content (AvgIpc) is 1.11. The Morgan fingerprint density at radius 3 is 1.28 bits per heavy atom. The molecule has 9 aliphatic rings. The molecule has 0 spiro atoms. The lowest BCUT2D eigenvalue weighted by molar-refractivity contribution is -0.137. The Labute approximate surface area is 741 Å². The molecule has 15 rings (SSSR count). The zero-order valence-electron chi connectivity index (χ0n) is 72.9. The smallest absolute Gasteiger partial charge is 0.419 e. The summed E-state index contributed by atoms with van der Waals surface area (Å²) < 4.78 is 75.0. The number of hydrogen-bond donors (Lipinski definition) is 0. The Hall–Kier alpha value is -10.7. The van der Waals surface area contributed by atoms with Crippen LogP contribution in [0.15, 0.2) is 86.0 Å². The van der Waals surface area contributed by atoms with E-state index in [-0.39, 0.29) is 90.6 Å². The summed E-state index contributed by atoms with van der Waals surface area (Å²) in [6.07, 6.45) is 9.88. The molecule has 125 heavy (non-hydrogen) atoms. The maximum Gasteiger partial charge on any atom is 0.419 e. The van der Waals surface area contributed by atoms with Gasteiger partial charge >= 0.3 is 24.2 Å². The summed E-state index contributed by atoms with van der Waals surface area (Å²) in [5, 5.41) is 0.416. The normalized spacial score (nSPS) is 21.1. The van der Waals surface area contributed by atoms with E-state index in [1.165, 1.54) is 42.8 Å². The van der Waals surface area contributed by atoms with Crippen molar-refractivity contribution in [2.75, 3.05) is 209 Å². The van der Waals surface area contributed by atoms with Crippen molar-refractivity contribution in [2.45, 2.75) is 141 Å². The number of fused-ring (bicyclic) bond motifs is 3. The van der Waals surface area contributed by atoms with E-state index in [0.29, 0.717) is 153 Å². The van der Waals surface area contributed by atoms with E-state index in [9.17, 15) is 31.9 Å². The van der Waals surface area contributed by atoms with Crippen LogP contribution < -0.4 is 43.6 Å². The van der Waals surface area contributed by atoms with Crippen LogP contribution in [0, 0.1) is 46.3 Å². The highest BCUT2D eigenvalue weighted by molar-refractivity contribution is 6.34. The Balaban J connectivity index is 0.000000162. The lowest BCUT2D eigenvalue weighted by Crippen LogP contribution is -2.56. The SMILES string of the molecule is [C-]#[N+]C[C@H]1CN(c2nc(OC[C@@H]3CCCN3C)nc3c2CCN(c2ccc(F)c(C)c2C)C3)CCN1C(=O)C=C.[C-]#[N+]C[C@H]1CN(c2nc(OC[C@@H]3CCCN3C)nc3c2CCN(c2cccc(C)c2Cl)C3)CCN1C(=O)C=C.[C-]#[N+]C[C@H]1CN(c2nc(OC[C@H]3CCCN3C)nc3c2CCN(c2cccc(Cl)c2C(F)(F)F)C3)CCN1C(=O)/C=C/CN(C)C. The summed E-state index contributed by atoms with van der Waals surface area (Å²) in [6.45, 7) is 49.0. The molecule has 0 unspecified atom stereocenters. The number of benzene rings is 3. The molecule has 34 heteroatoms.